The van der Waals surface area contributed by atoms with Crippen molar-refractivity contribution < 1.29 is 4.79 Å². The van der Waals surface area contributed by atoms with E-state index in [-0.39, 0.29) is 5.91 Å². The summed E-state index contributed by atoms with van der Waals surface area (Å²) >= 11 is 0. The van der Waals surface area contributed by atoms with Gasteiger partial charge in [0.25, 0.3) is 5.91 Å². The van der Waals surface area contributed by atoms with E-state index < -0.39 is 0 Å². The van der Waals surface area contributed by atoms with E-state index >= 15 is 0 Å². The summed E-state index contributed by atoms with van der Waals surface area (Å²) in [7, 11) is 0. The molecule has 0 saturated carbocycles. The lowest BCUT2D eigenvalue weighted by molar-refractivity contribution is 0.102. The van der Waals surface area contributed by atoms with E-state index in [9.17, 15) is 4.79 Å². The topological polar surface area (TPSA) is 70.7 Å². The van der Waals surface area contributed by atoms with Gasteiger partial charge >= 0.3 is 0 Å². The van der Waals surface area contributed by atoms with Gasteiger partial charge in [-0.3, -0.25) is 10.1 Å². The number of rotatable bonds is 2. The van der Waals surface area contributed by atoms with Crippen molar-refractivity contribution in [2.45, 2.75) is 6.92 Å². The highest BCUT2D eigenvalue weighted by Gasteiger charge is 2.08. The van der Waals surface area contributed by atoms with Gasteiger partial charge in [0.2, 0.25) is 5.95 Å². The van der Waals surface area contributed by atoms with Crippen molar-refractivity contribution in [2.75, 3.05) is 5.32 Å². The number of H-pyrrole nitrogens is 1. The summed E-state index contributed by atoms with van der Waals surface area (Å²) in [5.74, 6) is 0.0878. The molecule has 0 aliphatic carbocycles. The van der Waals surface area contributed by atoms with E-state index in [0.29, 0.717) is 11.5 Å². The third kappa shape index (κ3) is 2.30. The fourth-order valence-electron chi connectivity index (χ4n) is 1.96. The molecule has 0 bridgehead atoms. The molecule has 0 saturated heterocycles. The Morgan fingerprint density at radius 3 is 2.79 bits per heavy atom. The molecule has 1 aromatic carbocycles. The lowest BCUT2D eigenvalue weighted by Crippen LogP contribution is -2.13. The average Bonchev–Trinajstić information content (AvgIpc) is 2.78. The van der Waals surface area contributed by atoms with Crippen LogP contribution in [0.2, 0.25) is 0 Å². The standard InChI is InChI=1S/C14H12N4O/c1-9-7-11-8-10(3-4-12(11)17-9)13(19)18-14-15-5-2-6-16-14/h2-8,17H,1H3,(H,15,16,18,19). The number of benzene rings is 1. The van der Waals surface area contributed by atoms with Crippen molar-refractivity contribution in [3.63, 3.8) is 0 Å². The normalized spacial score (nSPS) is 10.6. The number of hydrogen-bond donors (Lipinski definition) is 2. The number of aryl methyl sites for hydroxylation is 1. The van der Waals surface area contributed by atoms with Crippen molar-refractivity contribution in [1.82, 2.24) is 15.0 Å². The van der Waals surface area contributed by atoms with Gasteiger partial charge < -0.3 is 4.98 Å². The van der Waals surface area contributed by atoms with Gasteiger partial charge in [-0.25, -0.2) is 9.97 Å². The number of anilines is 1. The van der Waals surface area contributed by atoms with Gasteiger partial charge in [0.15, 0.2) is 0 Å². The minimum absolute atomic E-state index is 0.216. The van der Waals surface area contributed by atoms with Gasteiger partial charge in [-0.05, 0) is 37.3 Å². The predicted molar refractivity (Wildman–Crippen MR) is 73.0 cm³/mol. The summed E-state index contributed by atoms with van der Waals surface area (Å²) in [6, 6.07) is 9.21. The molecule has 2 heterocycles. The SMILES string of the molecule is Cc1cc2cc(C(=O)Nc3ncccn3)ccc2[nH]1. The number of fused-ring (bicyclic) bond motifs is 1. The summed E-state index contributed by atoms with van der Waals surface area (Å²) in [5, 5.41) is 3.67. The molecule has 1 amide bonds. The maximum Gasteiger partial charge on any atom is 0.258 e. The molecule has 3 rings (SSSR count). The van der Waals surface area contributed by atoms with Crippen LogP contribution in [-0.4, -0.2) is 20.9 Å². The number of hydrogen-bond acceptors (Lipinski definition) is 3. The zero-order chi connectivity index (χ0) is 13.2. The molecular weight excluding hydrogens is 240 g/mol. The average molecular weight is 252 g/mol. The number of aromatic nitrogens is 3. The van der Waals surface area contributed by atoms with Gasteiger partial charge in [0, 0.05) is 34.6 Å². The quantitative estimate of drug-likeness (QED) is 0.736. The van der Waals surface area contributed by atoms with Crippen LogP contribution in [0.15, 0.2) is 42.7 Å². The second-order valence-electron chi connectivity index (χ2n) is 4.28. The van der Waals surface area contributed by atoms with Crippen LogP contribution in [0.3, 0.4) is 0 Å². The summed E-state index contributed by atoms with van der Waals surface area (Å²) in [4.78, 5) is 23.2. The lowest BCUT2D eigenvalue weighted by atomic mass is 10.1. The van der Waals surface area contributed by atoms with Crippen molar-refractivity contribution >= 4 is 22.8 Å². The molecule has 0 radical (unpaired) electrons. The molecule has 0 spiro atoms. The molecule has 0 aliphatic rings. The van der Waals surface area contributed by atoms with E-state index in [0.717, 1.165) is 16.6 Å². The number of aromatic amines is 1. The Morgan fingerprint density at radius 2 is 2.00 bits per heavy atom. The van der Waals surface area contributed by atoms with Crippen LogP contribution in [0.4, 0.5) is 5.95 Å². The van der Waals surface area contributed by atoms with Gasteiger partial charge in [-0.15, -0.1) is 0 Å². The number of nitrogens with zero attached hydrogens (tertiary/aromatic N) is 2. The molecule has 3 aromatic rings. The highest BCUT2D eigenvalue weighted by molar-refractivity contribution is 6.05. The third-order valence-corrected chi connectivity index (χ3v) is 2.81. The molecule has 0 unspecified atom stereocenters. The van der Waals surface area contributed by atoms with E-state index in [1.54, 1.807) is 24.5 Å². The van der Waals surface area contributed by atoms with Crippen LogP contribution in [0.1, 0.15) is 16.1 Å². The van der Waals surface area contributed by atoms with Gasteiger partial charge in [0.05, 0.1) is 0 Å². The van der Waals surface area contributed by atoms with Crippen molar-refractivity contribution in [1.29, 1.82) is 0 Å². The van der Waals surface area contributed by atoms with E-state index in [1.165, 1.54) is 0 Å². The number of amides is 1. The smallest absolute Gasteiger partial charge is 0.258 e. The minimum Gasteiger partial charge on any atom is -0.359 e. The summed E-state index contributed by atoms with van der Waals surface area (Å²) in [6.07, 6.45) is 3.17. The maximum absolute atomic E-state index is 12.1. The Hall–Kier alpha value is -2.69. The predicted octanol–water partition coefficient (Wildman–Crippen LogP) is 2.52. The summed E-state index contributed by atoms with van der Waals surface area (Å²) in [6.45, 7) is 1.98. The fraction of sp³-hybridized carbons (Fsp3) is 0.0714. The summed E-state index contributed by atoms with van der Waals surface area (Å²) in [5.41, 5.74) is 2.67. The molecule has 5 heteroatoms. The zero-order valence-electron chi connectivity index (χ0n) is 10.3. The Morgan fingerprint density at radius 1 is 1.21 bits per heavy atom. The Bertz CT molecular complexity index is 734. The monoisotopic (exact) mass is 252 g/mol. The molecular formula is C14H12N4O. The Kier molecular flexibility index (Phi) is 2.72. The minimum atomic E-state index is -0.216. The molecule has 0 aliphatic heterocycles. The van der Waals surface area contributed by atoms with E-state index in [1.807, 2.05) is 25.1 Å². The highest BCUT2D eigenvalue weighted by Crippen LogP contribution is 2.17. The van der Waals surface area contributed by atoms with Crippen LogP contribution in [0, 0.1) is 6.92 Å². The number of carbonyl (C=O) groups excluding carboxylic acids is 1. The summed E-state index contributed by atoms with van der Waals surface area (Å²) < 4.78 is 0. The second kappa shape index (κ2) is 4.53. The Balaban J connectivity index is 1.89. The van der Waals surface area contributed by atoms with Crippen molar-refractivity contribution in [2.24, 2.45) is 0 Å². The second-order valence-corrected chi connectivity index (χ2v) is 4.28. The van der Waals surface area contributed by atoms with Gasteiger partial charge in [-0.1, -0.05) is 0 Å². The molecule has 19 heavy (non-hydrogen) atoms. The molecule has 2 N–H and O–H groups in total. The first-order valence-corrected chi connectivity index (χ1v) is 5.90. The van der Waals surface area contributed by atoms with Crippen LogP contribution >= 0.6 is 0 Å². The van der Waals surface area contributed by atoms with E-state index in [2.05, 4.69) is 20.3 Å². The maximum atomic E-state index is 12.1. The number of nitrogens with one attached hydrogen (secondary N) is 2. The Labute approximate surface area is 109 Å². The molecule has 94 valence electrons. The zero-order valence-corrected chi connectivity index (χ0v) is 10.3. The van der Waals surface area contributed by atoms with Gasteiger partial charge in [-0.2, -0.15) is 0 Å². The first-order chi connectivity index (χ1) is 9.22. The fourth-order valence-corrected chi connectivity index (χ4v) is 1.96. The third-order valence-electron chi connectivity index (χ3n) is 2.81. The molecule has 0 atom stereocenters. The highest BCUT2D eigenvalue weighted by atomic mass is 16.1. The van der Waals surface area contributed by atoms with Crippen molar-refractivity contribution in [3.05, 3.63) is 54.0 Å². The molecule has 2 aromatic heterocycles. The first kappa shape index (κ1) is 11.4. The van der Waals surface area contributed by atoms with Crippen LogP contribution in [-0.2, 0) is 0 Å². The van der Waals surface area contributed by atoms with E-state index in [4.69, 9.17) is 0 Å². The number of carbonyl (C=O) groups is 1. The molecule has 0 fully saturated rings. The van der Waals surface area contributed by atoms with Crippen LogP contribution < -0.4 is 5.32 Å². The van der Waals surface area contributed by atoms with Crippen LogP contribution in [0.5, 0.6) is 0 Å². The molecule has 5 nitrogen and oxygen atoms in total. The van der Waals surface area contributed by atoms with Gasteiger partial charge in [0.1, 0.15) is 0 Å². The first-order valence-electron chi connectivity index (χ1n) is 5.90. The lowest BCUT2D eigenvalue weighted by Gasteiger charge is -2.03. The largest absolute Gasteiger partial charge is 0.359 e. The van der Waals surface area contributed by atoms with Crippen molar-refractivity contribution in [3.8, 4) is 0 Å². The van der Waals surface area contributed by atoms with Crippen LogP contribution in [0.25, 0.3) is 10.9 Å².